The Hall–Kier alpha value is 0.719. The van der Waals surface area contributed by atoms with Crippen molar-refractivity contribution < 1.29 is 0 Å². The van der Waals surface area contributed by atoms with Crippen molar-refractivity contribution in [1.82, 2.24) is 6.24 Å². The molecular formula is C10H26N2Sn. The molecular weight excluding hydrogens is 267 g/mol. The van der Waals surface area contributed by atoms with Gasteiger partial charge in [-0.1, -0.05) is 0 Å². The Morgan fingerprint density at radius 2 is 0.923 bits per heavy atom. The van der Waals surface area contributed by atoms with Crippen molar-refractivity contribution in [3.05, 3.63) is 0 Å². The Balaban J connectivity index is 5.06. The molecule has 13 heavy (non-hydrogen) atoms. The summed E-state index contributed by atoms with van der Waals surface area (Å²) in [4.78, 5) is 0. The van der Waals surface area contributed by atoms with Gasteiger partial charge in [0.2, 0.25) is 0 Å². The molecule has 3 heteroatoms. The van der Waals surface area contributed by atoms with Crippen molar-refractivity contribution in [3.8, 4) is 0 Å². The van der Waals surface area contributed by atoms with Crippen LogP contribution in [0.25, 0.3) is 0 Å². The molecule has 0 saturated heterocycles. The van der Waals surface area contributed by atoms with Gasteiger partial charge in [-0.2, -0.15) is 0 Å². The van der Waals surface area contributed by atoms with Gasteiger partial charge in [-0.3, -0.25) is 0 Å². The molecule has 0 aliphatic carbocycles. The molecule has 0 aromatic carbocycles. The van der Waals surface area contributed by atoms with Crippen LogP contribution in [0, 0.1) is 0 Å². The van der Waals surface area contributed by atoms with Gasteiger partial charge >= 0.3 is 88.9 Å². The van der Waals surface area contributed by atoms with Gasteiger partial charge in [0.15, 0.2) is 0 Å². The molecule has 0 aliphatic rings. The van der Waals surface area contributed by atoms with Crippen molar-refractivity contribution >= 4 is 18.9 Å². The molecule has 0 aromatic heterocycles. The van der Waals surface area contributed by atoms with Crippen LogP contribution in [0.4, 0.5) is 0 Å². The molecule has 0 fully saturated rings. The van der Waals surface area contributed by atoms with Gasteiger partial charge in [0.1, 0.15) is 0 Å². The van der Waals surface area contributed by atoms with E-state index in [0.717, 1.165) is 7.87 Å². The molecule has 0 rings (SSSR count). The fourth-order valence-electron chi connectivity index (χ4n) is 3.13. The third-order valence-electron chi connectivity index (χ3n) is 3.13. The van der Waals surface area contributed by atoms with Crippen LogP contribution in [0.3, 0.4) is 0 Å². The van der Waals surface area contributed by atoms with Gasteiger partial charge in [-0.05, 0) is 0 Å². The molecule has 0 heterocycles. The van der Waals surface area contributed by atoms with E-state index in [0.29, 0.717) is 0 Å². The quantitative estimate of drug-likeness (QED) is 0.734. The van der Waals surface area contributed by atoms with E-state index in [4.69, 9.17) is 0 Å². The summed E-state index contributed by atoms with van der Waals surface area (Å²) < 4.78 is 6.76. The fraction of sp³-hybridized carbons (Fsp3) is 1.00. The molecule has 0 unspecified atom stereocenters. The summed E-state index contributed by atoms with van der Waals surface area (Å²) in [5.41, 5.74) is 0. The van der Waals surface area contributed by atoms with Crippen LogP contribution < -0.4 is 0 Å². The van der Waals surface area contributed by atoms with E-state index in [2.05, 4.69) is 62.1 Å². The summed E-state index contributed by atoms with van der Waals surface area (Å²) in [7, 11) is 9.04. The van der Waals surface area contributed by atoms with Gasteiger partial charge in [0.05, 0.1) is 0 Å². The van der Waals surface area contributed by atoms with E-state index in [1.165, 1.54) is 0 Å². The van der Waals surface area contributed by atoms with E-state index in [1.807, 2.05) is 0 Å². The first-order chi connectivity index (χ1) is 5.77. The maximum atomic E-state index is 2.55. The number of hydrogen-bond acceptors (Lipinski definition) is 2. The van der Waals surface area contributed by atoms with Crippen LogP contribution in [-0.2, 0) is 0 Å². The first-order valence-corrected chi connectivity index (χ1v) is 11.0. The van der Waals surface area contributed by atoms with E-state index in [-0.39, 0.29) is 0 Å². The number of nitrogens with zero attached hydrogens (tertiary/aromatic N) is 2. The molecule has 0 saturated carbocycles. The molecule has 0 aromatic rings. The van der Waals surface area contributed by atoms with Crippen molar-refractivity contribution in [2.24, 2.45) is 0 Å². The predicted molar refractivity (Wildman–Crippen MR) is 63.3 cm³/mol. The number of hydrogen-bond donors (Lipinski definition) is 0. The fourth-order valence-corrected chi connectivity index (χ4v) is 21.0. The van der Waals surface area contributed by atoms with Crippen LogP contribution in [0.1, 0.15) is 27.7 Å². The van der Waals surface area contributed by atoms with Crippen LogP contribution in [0.5, 0.6) is 0 Å². The molecule has 0 bridgehead atoms. The second-order valence-electron chi connectivity index (χ2n) is 4.88. The minimum absolute atomic E-state index is 0.833. The molecule has 0 amide bonds. The Labute approximate surface area is 88.9 Å². The van der Waals surface area contributed by atoms with Gasteiger partial charge in [0.25, 0.3) is 0 Å². The molecule has 0 N–H and O–H groups in total. The van der Waals surface area contributed by atoms with Gasteiger partial charge in [-0.15, -0.1) is 0 Å². The summed E-state index contributed by atoms with van der Waals surface area (Å²) in [5, 5.41) is 0. The van der Waals surface area contributed by atoms with E-state index in [1.54, 1.807) is 0 Å². The van der Waals surface area contributed by atoms with Crippen LogP contribution >= 0.6 is 0 Å². The summed E-state index contributed by atoms with van der Waals surface area (Å²) in [6, 6.07) is 0. The second kappa shape index (κ2) is 4.98. The summed E-state index contributed by atoms with van der Waals surface area (Å²) in [6.07, 6.45) is 0. The number of rotatable bonds is 4. The molecule has 0 radical (unpaired) electrons. The zero-order valence-electron chi connectivity index (χ0n) is 10.5. The van der Waals surface area contributed by atoms with Crippen molar-refractivity contribution in [2.75, 3.05) is 28.2 Å². The van der Waals surface area contributed by atoms with Crippen LogP contribution in [0.2, 0.25) is 7.87 Å². The minimum atomic E-state index is -2.26. The Bertz CT molecular complexity index is 115. The summed E-state index contributed by atoms with van der Waals surface area (Å²) >= 11 is -2.26. The SMILES string of the molecule is C[CH](C)[Sn]([CH](C)C)([N](C)C)[N](C)C. The molecule has 80 valence electrons. The topological polar surface area (TPSA) is 6.48 Å². The molecule has 0 aliphatic heterocycles. The standard InChI is InChI=1S/2C3H7.2C2H6N.Sn/c4*1-3-2;/h2*3H,1-2H3;2*1-2H3;/q;;2*-1;+2. The van der Waals surface area contributed by atoms with Crippen LogP contribution in [0.15, 0.2) is 0 Å². The summed E-state index contributed by atoms with van der Waals surface area (Å²) in [6.45, 7) is 9.54. The molecule has 0 spiro atoms. The van der Waals surface area contributed by atoms with Crippen molar-refractivity contribution in [2.45, 2.75) is 35.6 Å². The zero-order chi connectivity index (χ0) is 10.8. The normalized spacial score (nSPS) is 13.8. The molecule has 2 nitrogen and oxygen atoms in total. The zero-order valence-corrected chi connectivity index (χ0v) is 13.4. The van der Waals surface area contributed by atoms with Crippen molar-refractivity contribution in [1.29, 1.82) is 0 Å². The molecule has 0 atom stereocenters. The van der Waals surface area contributed by atoms with Gasteiger partial charge in [-0.25, -0.2) is 0 Å². The Morgan fingerprint density at radius 3 is 0.923 bits per heavy atom. The average Bonchev–Trinajstić information content (AvgIpc) is 1.82. The van der Waals surface area contributed by atoms with E-state index in [9.17, 15) is 0 Å². The van der Waals surface area contributed by atoms with Crippen LogP contribution in [-0.4, -0.2) is 53.4 Å². The van der Waals surface area contributed by atoms with Crippen molar-refractivity contribution in [3.63, 3.8) is 0 Å². The van der Waals surface area contributed by atoms with E-state index >= 15 is 0 Å². The van der Waals surface area contributed by atoms with Gasteiger partial charge < -0.3 is 0 Å². The predicted octanol–water partition coefficient (Wildman–Crippen LogP) is 2.37. The second-order valence-corrected chi connectivity index (χ2v) is 21.0. The maximum absolute atomic E-state index is 2.55. The summed E-state index contributed by atoms with van der Waals surface area (Å²) in [5.74, 6) is 0. The third-order valence-corrected chi connectivity index (χ3v) is 21.0. The van der Waals surface area contributed by atoms with E-state index < -0.39 is 18.9 Å². The monoisotopic (exact) mass is 294 g/mol. The Kier molecular flexibility index (Phi) is 5.26. The Morgan fingerprint density at radius 1 is 0.692 bits per heavy atom. The first kappa shape index (κ1) is 13.7. The average molecular weight is 293 g/mol. The van der Waals surface area contributed by atoms with Gasteiger partial charge in [0, 0.05) is 0 Å². The third kappa shape index (κ3) is 2.39. The first-order valence-electron chi connectivity index (χ1n) is 5.12.